The number of carboxylic acid groups (broad SMARTS) is 1. The lowest BCUT2D eigenvalue weighted by molar-refractivity contribution is -0.131. The standard InChI is InChI=1S/C23H20ClNO3S/c24-19-8-4-5-9-22(19)29-16-18-10-12-21(20(25-18)11-13-23(26)27)28-15-14-17-6-2-1-3-7-17/h1-13H,14-16H2,(H,26,27)/b13-11+. The summed E-state index contributed by atoms with van der Waals surface area (Å²) in [5.74, 6) is 0.143. The van der Waals surface area contributed by atoms with Crippen LogP contribution in [0.2, 0.25) is 5.02 Å². The molecule has 0 spiro atoms. The van der Waals surface area contributed by atoms with Gasteiger partial charge in [-0.25, -0.2) is 9.78 Å². The van der Waals surface area contributed by atoms with Crippen molar-refractivity contribution in [3.8, 4) is 5.75 Å². The minimum absolute atomic E-state index is 0.479. The number of aromatic nitrogens is 1. The Kier molecular flexibility index (Phi) is 7.73. The molecular formula is C23H20ClNO3S. The number of thioether (sulfide) groups is 1. The molecule has 0 atom stereocenters. The zero-order valence-electron chi connectivity index (χ0n) is 15.6. The van der Waals surface area contributed by atoms with Crippen LogP contribution < -0.4 is 4.74 Å². The van der Waals surface area contributed by atoms with Crippen molar-refractivity contribution in [2.75, 3.05) is 6.61 Å². The first kappa shape index (κ1) is 21.0. The molecule has 1 aromatic heterocycles. The number of carbonyl (C=O) groups is 1. The molecule has 0 saturated heterocycles. The largest absolute Gasteiger partial charge is 0.491 e. The lowest BCUT2D eigenvalue weighted by Crippen LogP contribution is -2.04. The summed E-state index contributed by atoms with van der Waals surface area (Å²) in [4.78, 5) is 16.5. The maximum absolute atomic E-state index is 10.9. The fourth-order valence-electron chi connectivity index (χ4n) is 2.61. The number of hydrogen-bond donors (Lipinski definition) is 1. The van der Waals surface area contributed by atoms with Crippen molar-refractivity contribution in [2.24, 2.45) is 0 Å². The highest BCUT2D eigenvalue weighted by Crippen LogP contribution is 2.30. The Morgan fingerprint density at radius 2 is 1.83 bits per heavy atom. The summed E-state index contributed by atoms with van der Waals surface area (Å²) in [5, 5.41) is 9.67. The van der Waals surface area contributed by atoms with Crippen LogP contribution in [0.15, 0.2) is 77.7 Å². The summed E-state index contributed by atoms with van der Waals surface area (Å²) in [6.07, 6.45) is 3.29. The van der Waals surface area contributed by atoms with Crippen molar-refractivity contribution in [3.63, 3.8) is 0 Å². The van der Waals surface area contributed by atoms with E-state index < -0.39 is 5.97 Å². The van der Waals surface area contributed by atoms with Crippen LogP contribution in [0, 0.1) is 0 Å². The van der Waals surface area contributed by atoms with Crippen molar-refractivity contribution in [3.05, 3.63) is 94.8 Å². The summed E-state index contributed by atoms with van der Waals surface area (Å²) >= 11 is 7.78. The molecule has 29 heavy (non-hydrogen) atoms. The van der Waals surface area contributed by atoms with Crippen molar-refractivity contribution in [2.45, 2.75) is 17.1 Å². The van der Waals surface area contributed by atoms with E-state index in [4.69, 9.17) is 21.4 Å². The maximum atomic E-state index is 10.9. The molecule has 0 aliphatic carbocycles. The third-order valence-electron chi connectivity index (χ3n) is 4.03. The first-order valence-electron chi connectivity index (χ1n) is 9.07. The van der Waals surface area contributed by atoms with Crippen LogP contribution in [0.5, 0.6) is 5.75 Å². The molecule has 1 N–H and O–H groups in total. The molecule has 1 heterocycles. The highest BCUT2D eigenvalue weighted by atomic mass is 35.5. The lowest BCUT2D eigenvalue weighted by Gasteiger charge is -2.11. The second-order valence-electron chi connectivity index (χ2n) is 6.16. The van der Waals surface area contributed by atoms with Gasteiger partial charge in [-0.2, -0.15) is 0 Å². The first-order valence-corrected chi connectivity index (χ1v) is 10.4. The van der Waals surface area contributed by atoms with Gasteiger partial charge in [-0.05, 0) is 35.9 Å². The molecular weight excluding hydrogens is 406 g/mol. The Morgan fingerprint density at radius 1 is 1.07 bits per heavy atom. The molecule has 0 aliphatic rings. The number of ether oxygens (including phenoxy) is 1. The molecule has 0 amide bonds. The Bertz CT molecular complexity index is 992. The van der Waals surface area contributed by atoms with E-state index in [2.05, 4.69) is 4.98 Å². The van der Waals surface area contributed by atoms with Gasteiger partial charge in [0.1, 0.15) is 11.4 Å². The summed E-state index contributed by atoms with van der Waals surface area (Å²) < 4.78 is 5.88. The van der Waals surface area contributed by atoms with E-state index in [1.807, 2.05) is 66.7 Å². The lowest BCUT2D eigenvalue weighted by atomic mass is 10.2. The van der Waals surface area contributed by atoms with Gasteiger partial charge in [0, 0.05) is 23.1 Å². The number of benzene rings is 2. The van der Waals surface area contributed by atoms with E-state index in [0.717, 1.165) is 23.1 Å². The number of rotatable bonds is 9. The third-order valence-corrected chi connectivity index (χ3v) is 5.58. The van der Waals surface area contributed by atoms with Crippen LogP contribution in [0.3, 0.4) is 0 Å². The maximum Gasteiger partial charge on any atom is 0.328 e. The Balaban J connectivity index is 1.70. The minimum atomic E-state index is -1.03. The monoisotopic (exact) mass is 425 g/mol. The van der Waals surface area contributed by atoms with Crippen LogP contribution in [0.1, 0.15) is 17.0 Å². The van der Waals surface area contributed by atoms with E-state index in [0.29, 0.717) is 28.8 Å². The third kappa shape index (κ3) is 6.66. The second-order valence-corrected chi connectivity index (χ2v) is 7.59. The zero-order chi connectivity index (χ0) is 20.5. The minimum Gasteiger partial charge on any atom is -0.491 e. The topological polar surface area (TPSA) is 59.4 Å². The summed E-state index contributed by atoms with van der Waals surface area (Å²) in [6.45, 7) is 0.479. The zero-order valence-corrected chi connectivity index (χ0v) is 17.2. The predicted octanol–water partition coefficient (Wildman–Crippen LogP) is 5.75. The van der Waals surface area contributed by atoms with E-state index in [1.165, 1.54) is 11.6 Å². The number of nitrogens with zero attached hydrogens (tertiary/aromatic N) is 1. The van der Waals surface area contributed by atoms with Crippen molar-refractivity contribution < 1.29 is 14.6 Å². The number of hydrogen-bond acceptors (Lipinski definition) is 4. The van der Waals surface area contributed by atoms with Gasteiger partial charge >= 0.3 is 5.97 Å². The van der Waals surface area contributed by atoms with E-state index in [9.17, 15) is 4.79 Å². The molecule has 148 valence electrons. The van der Waals surface area contributed by atoms with Gasteiger partial charge in [-0.3, -0.25) is 0 Å². The fourth-order valence-corrected chi connectivity index (χ4v) is 3.76. The molecule has 0 bridgehead atoms. The molecule has 0 saturated carbocycles. The Labute approximate surface area is 179 Å². The van der Waals surface area contributed by atoms with Crippen molar-refractivity contribution >= 4 is 35.4 Å². The second kappa shape index (κ2) is 10.7. The number of aliphatic carboxylic acids is 1. The number of halogens is 1. The van der Waals surface area contributed by atoms with Gasteiger partial charge in [0.2, 0.25) is 0 Å². The molecule has 0 radical (unpaired) electrons. The van der Waals surface area contributed by atoms with Crippen molar-refractivity contribution in [1.82, 2.24) is 4.98 Å². The molecule has 0 fully saturated rings. The number of pyridine rings is 1. The van der Waals surface area contributed by atoms with Gasteiger partial charge in [0.15, 0.2) is 0 Å². The molecule has 3 rings (SSSR count). The first-order chi connectivity index (χ1) is 14.1. The normalized spacial score (nSPS) is 10.9. The Hall–Kier alpha value is -2.76. The van der Waals surface area contributed by atoms with E-state index in [1.54, 1.807) is 11.8 Å². The molecule has 4 nitrogen and oxygen atoms in total. The Morgan fingerprint density at radius 3 is 2.59 bits per heavy atom. The smallest absolute Gasteiger partial charge is 0.328 e. The predicted molar refractivity (Wildman–Crippen MR) is 118 cm³/mol. The number of carboxylic acids is 1. The molecule has 6 heteroatoms. The van der Waals surface area contributed by atoms with Gasteiger partial charge in [0.25, 0.3) is 0 Å². The quantitative estimate of drug-likeness (QED) is 0.349. The van der Waals surface area contributed by atoms with Crippen LogP contribution >= 0.6 is 23.4 Å². The van der Waals surface area contributed by atoms with Gasteiger partial charge in [0.05, 0.1) is 17.3 Å². The average molecular weight is 426 g/mol. The molecule has 2 aromatic carbocycles. The van der Waals surface area contributed by atoms with Gasteiger partial charge in [-0.15, -0.1) is 11.8 Å². The average Bonchev–Trinajstić information content (AvgIpc) is 2.73. The van der Waals surface area contributed by atoms with E-state index in [-0.39, 0.29) is 0 Å². The van der Waals surface area contributed by atoms with Gasteiger partial charge < -0.3 is 9.84 Å². The highest BCUT2D eigenvalue weighted by Gasteiger charge is 2.08. The van der Waals surface area contributed by atoms with Crippen LogP contribution in [-0.2, 0) is 17.0 Å². The van der Waals surface area contributed by atoms with Gasteiger partial charge in [-0.1, -0.05) is 54.1 Å². The van der Waals surface area contributed by atoms with Crippen LogP contribution in [-0.4, -0.2) is 22.7 Å². The van der Waals surface area contributed by atoms with E-state index >= 15 is 0 Å². The summed E-state index contributed by atoms with van der Waals surface area (Å²) in [7, 11) is 0. The summed E-state index contributed by atoms with van der Waals surface area (Å²) in [5.41, 5.74) is 2.49. The highest BCUT2D eigenvalue weighted by molar-refractivity contribution is 7.98. The summed E-state index contributed by atoms with van der Waals surface area (Å²) in [6, 6.07) is 21.4. The van der Waals surface area contributed by atoms with Crippen LogP contribution in [0.4, 0.5) is 0 Å². The van der Waals surface area contributed by atoms with Crippen LogP contribution in [0.25, 0.3) is 6.08 Å². The molecule has 0 aliphatic heterocycles. The SMILES string of the molecule is O=C(O)/C=C/c1nc(CSc2ccccc2Cl)ccc1OCCc1ccccc1. The fraction of sp³-hybridized carbons (Fsp3) is 0.130. The molecule has 0 unspecified atom stereocenters. The van der Waals surface area contributed by atoms with Crippen molar-refractivity contribution in [1.29, 1.82) is 0 Å². The molecule has 3 aromatic rings.